The van der Waals surface area contributed by atoms with E-state index in [1.807, 2.05) is 6.07 Å². The first kappa shape index (κ1) is 25.3. The Labute approximate surface area is 202 Å². The number of rotatable bonds is 10. The first-order valence-corrected chi connectivity index (χ1v) is 10.8. The van der Waals surface area contributed by atoms with Crippen LogP contribution in [0.1, 0.15) is 34.2 Å². The molecule has 1 aromatic heterocycles. The molecule has 184 valence electrons. The normalized spacial score (nSPS) is 10.4. The molecule has 0 aliphatic heterocycles. The molecular weight excluding hydrogens is 456 g/mol. The fourth-order valence-electron chi connectivity index (χ4n) is 3.42. The third-order valence-electron chi connectivity index (χ3n) is 4.97. The van der Waals surface area contributed by atoms with Crippen molar-refractivity contribution < 1.29 is 38.1 Å². The van der Waals surface area contributed by atoms with E-state index in [0.29, 0.717) is 17.0 Å². The quantitative estimate of drug-likeness (QED) is 0.316. The fraction of sp³-hybridized carbons (Fsp3) is 0.280. The first-order valence-electron chi connectivity index (χ1n) is 10.8. The zero-order valence-electron chi connectivity index (χ0n) is 19.9. The molecule has 10 heteroatoms. The molecule has 1 heterocycles. The molecule has 0 saturated heterocycles. The van der Waals surface area contributed by atoms with Crippen LogP contribution >= 0.6 is 0 Å². The number of aromatic nitrogens is 2. The van der Waals surface area contributed by atoms with E-state index in [-0.39, 0.29) is 42.3 Å². The average Bonchev–Trinajstić information content (AvgIpc) is 3.29. The van der Waals surface area contributed by atoms with E-state index in [4.69, 9.17) is 23.7 Å². The molecule has 2 aromatic carbocycles. The summed E-state index contributed by atoms with van der Waals surface area (Å²) in [5.74, 6) is -1.40. The molecule has 0 radical (unpaired) electrons. The summed E-state index contributed by atoms with van der Waals surface area (Å²) < 4.78 is 27.5. The minimum atomic E-state index is -0.789. The molecule has 0 aliphatic rings. The highest BCUT2D eigenvalue weighted by Crippen LogP contribution is 2.40. The first-order chi connectivity index (χ1) is 17.0. The van der Waals surface area contributed by atoms with Gasteiger partial charge in [0.05, 0.1) is 46.7 Å². The Hall–Kier alpha value is -4.34. The van der Waals surface area contributed by atoms with Crippen molar-refractivity contribution in [3.63, 3.8) is 0 Å². The lowest BCUT2D eigenvalue weighted by Crippen LogP contribution is -2.15. The van der Waals surface area contributed by atoms with Crippen LogP contribution in [0, 0.1) is 0 Å². The van der Waals surface area contributed by atoms with Gasteiger partial charge in [0.15, 0.2) is 17.2 Å². The number of carbonyl (C=O) groups is 3. The van der Waals surface area contributed by atoms with Crippen LogP contribution < -0.4 is 9.47 Å². The monoisotopic (exact) mass is 482 g/mol. The topological polar surface area (TPSA) is 115 Å². The number of nitrogens with zero attached hydrogens (tertiary/aromatic N) is 2. The predicted molar refractivity (Wildman–Crippen MR) is 125 cm³/mol. The van der Waals surface area contributed by atoms with Crippen LogP contribution in [-0.2, 0) is 19.0 Å². The molecule has 0 atom stereocenters. The van der Waals surface area contributed by atoms with Crippen LogP contribution in [0.5, 0.6) is 11.5 Å². The van der Waals surface area contributed by atoms with Crippen molar-refractivity contribution in [3.05, 3.63) is 59.8 Å². The third-order valence-corrected chi connectivity index (χ3v) is 4.97. The predicted octanol–water partition coefficient (Wildman–Crippen LogP) is 3.45. The molecule has 0 unspecified atom stereocenters. The van der Waals surface area contributed by atoms with Crippen LogP contribution in [0.25, 0.3) is 16.9 Å². The molecule has 0 fully saturated rings. The highest BCUT2D eigenvalue weighted by molar-refractivity contribution is 6.07. The Morgan fingerprint density at radius 1 is 0.914 bits per heavy atom. The maximum Gasteiger partial charge on any atom is 0.357 e. The number of methoxy groups -OCH3 is 3. The zero-order valence-corrected chi connectivity index (χ0v) is 19.9. The molecule has 10 nitrogen and oxygen atoms in total. The van der Waals surface area contributed by atoms with Crippen molar-refractivity contribution in [2.24, 2.45) is 0 Å². The van der Waals surface area contributed by atoms with Crippen LogP contribution in [-0.4, -0.2) is 62.2 Å². The van der Waals surface area contributed by atoms with Crippen LogP contribution in [0.3, 0.4) is 0 Å². The number of hydrogen-bond acceptors (Lipinski definition) is 9. The SMILES string of the molecule is CCOC(=O)CCOc1c(OC)cccc1-c1nn(-c2ccccc2)c(C(=O)OC)c1C(=O)OC. The summed E-state index contributed by atoms with van der Waals surface area (Å²) >= 11 is 0. The Morgan fingerprint density at radius 2 is 1.63 bits per heavy atom. The van der Waals surface area contributed by atoms with Gasteiger partial charge in [-0.1, -0.05) is 24.3 Å². The fourth-order valence-corrected chi connectivity index (χ4v) is 3.42. The van der Waals surface area contributed by atoms with Gasteiger partial charge in [0.25, 0.3) is 0 Å². The van der Waals surface area contributed by atoms with Crippen molar-refractivity contribution in [1.29, 1.82) is 0 Å². The second-order valence-corrected chi connectivity index (χ2v) is 7.04. The van der Waals surface area contributed by atoms with Crippen LogP contribution in [0.4, 0.5) is 0 Å². The second-order valence-electron chi connectivity index (χ2n) is 7.04. The van der Waals surface area contributed by atoms with E-state index in [0.717, 1.165) is 0 Å². The number of ether oxygens (including phenoxy) is 5. The Bertz CT molecular complexity index is 1200. The molecular formula is C25H26N2O8. The Balaban J connectivity index is 2.22. The smallest absolute Gasteiger partial charge is 0.357 e. The van der Waals surface area contributed by atoms with E-state index in [1.54, 1.807) is 49.4 Å². The highest BCUT2D eigenvalue weighted by Gasteiger charge is 2.33. The van der Waals surface area contributed by atoms with Gasteiger partial charge in [0.1, 0.15) is 11.3 Å². The van der Waals surface area contributed by atoms with Gasteiger partial charge in [-0.15, -0.1) is 0 Å². The van der Waals surface area contributed by atoms with Gasteiger partial charge in [0, 0.05) is 5.56 Å². The Kier molecular flexibility index (Phi) is 8.44. The van der Waals surface area contributed by atoms with Gasteiger partial charge < -0.3 is 23.7 Å². The van der Waals surface area contributed by atoms with Gasteiger partial charge in [0.2, 0.25) is 0 Å². The van der Waals surface area contributed by atoms with Crippen molar-refractivity contribution in [3.8, 4) is 28.4 Å². The van der Waals surface area contributed by atoms with Crippen molar-refractivity contribution in [2.45, 2.75) is 13.3 Å². The molecule has 3 aromatic rings. The highest BCUT2D eigenvalue weighted by atomic mass is 16.5. The van der Waals surface area contributed by atoms with E-state index in [2.05, 4.69) is 5.10 Å². The minimum absolute atomic E-state index is 0.00105. The summed E-state index contributed by atoms with van der Waals surface area (Å²) in [6.45, 7) is 1.96. The van der Waals surface area contributed by atoms with Crippen molar-refractivity contribution in [2.75, 3.05) is 34.5 Å². The molecule has 0 aliphatic carbocycles. The molecule has 0 spiro atoms. The van der Waals surface area contributed by atoms with E-state index in [9.17, 15) is 14.4 Å². The summed E-state index contributed by atoms with van der Waals surface area (Å²) in [7, 11) is 3.87. The number of carbonyl (C=O) groups excluding carboxylic acids is 3. The average molecular weight is 482 g/mol. The summed E-state index contributed by atoms with van der Waals surface area (Å²) in [4.78, 5) is 37.5. The molecule has 3 rings (SSSR count). The number of benzene rings is 2. The summed E-state index contributed by atoms with van der Waals surface area (Å²) in [6.07, 6.45) is 0.00105. The van der Waals surface area contributed by atoms with Gasteiger partial charge >= 0.3 is 17.9 Å². The van der Waals surface area contributed by atoms with Crippen LogP contribution in [0.2, 0.25) is 0 Å². The minimum Gasteiger partial charge on any atom is -0.493 e. The third kappa shape index (κ3) is 5.43. The molecule has 0 N–H and O–H groups in total. The van der Waals surface area contributed by atoms with Gasteiger partial charge in [-0.25, -0.2) is 14.3 Å². The lowest BCUT2D eigenvalue weighted by molar-refractivity contribution is -0.143. The van der Waals surface area contributed by atoms with Gasteiger partial charge in [-0.3, -0.25) is 4.79 Å². The van der Waals surface area contributed by atoms with Crippen molar-refractivity contribution >= 4 is 17.9 Å². The molecule has 0 bridgehead atoms. The molecule has 0 amide bonds. The van der Waals surface area contributed by atoms with E-state index < -0.39 is 17.9 Å². The zero-order chi connectivity index (χ0) is 25.4. The lowest BCUT2D eigenvalue weighted by atomic mass is 10.0. The summed E-state index contributed by atoms with van der Waals surface area (Å²) in [5, 5.41) is 4.59. The van der Waals surface area contributed by atoms with Crippen LogP contribution in [0.15, 0.2) is 48.5 Å². The van der Waals surface area contributed by atoms with E-state index >= 15 is 0 Å². The molecule has 35 heavy (non-hydrogen) atoms. The molecule has 0 saturated carbocycles. The number of hydrogen-bond donors (Lipinski definition) is 0. The van der Waals surface area contributed by atoms with Gasteiger partial charge in [-0.2, -0.15) is 5.10 Å². The van der Waals surface area contributed by atoms with Gasteiger partial charge in [-0.05, 0) is 31.2 Å². The summed E-state index contributed by atoms with van der Waals surface area (Å²) in [6, 6.07) is 13.8. The Morgan fingerprint density at radius 3 is 2.26 bits per heavy atom. The summed E-state index contributed by atoms with van der Waals surface area (Å²) in [5.41, 5.74) is 0.782. The number of esters is 3. The lowest BCUT2D eigenvalue weighted by Gasteiger charge is -2.14. The number of para-hydroxylation sites is 2. The second kappa shape index (κ2) is 11.7. The standard InChI is InChI=1S/C25H26N2O8/c1-5-34-19(28)14-15-35-23-17(12-9-13-18(23)31-2)21-20(24(29)32-3)22(25(30)33-4)27(26-21)16-10-7-6-8-11-16/h6-13H,5,14-15H2,1-4H3. The maximum atomic E-state index is 12.9. The largest absolute Gasteiger partial charge is 0.493 e. The van der Waals surface area contributed by atoms with E-state index in [1.165, 1.54) is 26.0 Å². The maximum absolute atomic E-state index is 12.9. The van der Waals surface area contributed by atoms with Crippen molar-refractivity contribution in [1.82, 2.24) is 9.78 Å².